The van der Waals surface area contributed by atoms with E-state index in [0.717, 1.165) is 9.13 Å². The second-order valence-electron chi connectivity index (χ2n) is 8.09. The first-order chi connectivity index (χ1) is 17.5. The van der Waals surface area contributed by atoms with Gasteiger partial charge in [0.1, 0.15) is 5.65 Å². The van der Waals surface area contributed by atoms with E-state index in [2.05, 4.69) is 9.97 Å². The third-order valence-corrected chi connectivity index (χ3v) is 5.95. The summed E-state index contributed by atoms with van der Waals surface area (Å²) in [4.78, 5) is 60.4. The van der Waals surface area contributed by atoms with Gasteiger partial charge in [0.15, 0.2) is 5.82 Å². The van der Waals surface area contributed by atoms with Crippen LogP contribution >= 0.6 is 0 Å². The summed E-state index contributed by atoms with van der Waals surface area (Å²) < 4.78 is 3.43. The Morgan fingerprint density at radius 2 is 1.08 bits per heavy atom. The molecule has 3 heterocycles. The number of pyridine rings is 1. The molecule has 0 spiro atoms. The molecule has 4 aromatic rings. The van der Waals surface area contributed by atoms with Gasteiger partial charge in [-0.15, -0.1) is 0 Å². The highest BCUT2D eigenvalue weighted by Gasteiger charge is 2.24. The molecule has 9 heteroatoms. The van der Waals surface area contributed by atoms with E-state index in [-0.39, 0.29) is 22.4 Å². The number of aromatic amines is 1. The number of fused-ring (bicyclic) bond motifs is 2. The van der Waals surface area contributed by atoms with Gasteiger partial charge < -0.3 is 0 Å². The van der Waals surface area contributed by atoms with Gasteiger partial charge in [0.2, 0.25) is 0 Å². The summed E-state index contributed by atoms with van der Waals surface area (Å²) in [7, 11) is 0. The van der Waals surface area contributed by atoms with Crippen LogP contribution in [-0.4, -0.2) is 23.7 Å². The van der Waals surface area contributed by atoms with E-state index < -0.39 is 22.5 Å². The SMILES string of the molecule is O=c1nc2n(-c3ccccc3)c3[nH]c(=O)n(-c4ccccc4)c(=O)c3cc-2c(=O)n1-c1ccccc1. The van der Waals surface area contributed by atoms with Crippen LogP contribution in [0.5, 0.6) is 0 Å². The number of H-pyrrole nitrogens is 1. The Morgan fingerprint density at radius 3 is 1.64 bits per heavy atom. The van der Waals surface area contributed by atoms with Crippen molar-refractivity contribution in [2.45, 2.75) is 0 Å². The predicted octanol–water partition coefficient (Wildman–Crippen LogP) is 2.48. The number of hydrogen-bond donors (Lipinski definition) is 1. The van der Waals surface area contributed by atoms with Crippen LogP contribution in [0.1, 0.15) is 0 Å². The molecule has 2 aliphatic heterocycles. The van der Waals surface area contributed by atoms with E-state index in [1.807, 2.05) is 0 Å². The maximum absolute atomic E-state index is 13.6. The van der Waals surface area contributed by atoms with Gasteiger partial charge in [0.05, 0.1) is 22.3 Å². The molecule has 9 nitrogen and oxygen atoms in total. The minimum atomic E-state index is -0.775. The van der Waals surface area contributed by atoms with E-state index in [0.29, 0.717) is 17.1 Å². The van der Waals surface area contributed by atoms with E-state index in [1.54, 1.807) is 91.0 Å². The summed E-state index contributed by atoms with van der Waals surface area (Å²) >= 11 is 0. The van der Waals surface area contributed by atoms with Crippen LogP contribution in [-0.2, 0) is 0 Å². The van der Waals surface area contributed by atoms with Crippen molar-refractivity contribution < 1.29 is 0 Å². The fourth-order valence-electron chi connectivity index (χ4n) is 4.34. The van der Waals surface area contributed by atoms with Crippen molar-refractivity contribution in [2.75, 3.05) is 0 Å². The normalized spacial score (nSPS) is 11.2. The molecule has 1 aromatic heterocycles. The van der Waals surface area contributed by atoms with Gasteiger partial charge in [0.25, 0.3) is 11.1 Å². The summed E-state index contributed by atoms with van der Waals surface area (Å²) in [6.07, 6.45) is 0. The molecule has 1 N–H and O–H groups in total. The van der Waals surface area contributed by atoms with Gasteiger partial charge >= 0.3 is 11.4 Å². The van der Waals surface area contributed by atoms with Crippen LogP contribution in [0.25, 0.3) is 39.5 Å². The Bertz CT molecular complexity index is 1910. The Hall–Kier alpha value is -5.31. The van der Waals surface area contributed by atoms with Crippen LogP contribution in [0.2, 0.25) is 0 Å². The molecule has 2 aliphatic rings. The molecule has 0 unspecified atom stereocenters. The van der Waals surface area contributed by atoms with Crippen LogP contribution in [0, 0.1) is 0 Å². The summed E-state index contributed by atoms with van der Waals surface area (Å²) in [5, 5.41) is 0.0898. The lowest BCUT2D eigenvalue weighted by Gasteiger charge is -2.19. The average Bonchev–Trinajstić information content (AvgIpc) is 2.90. The van der Waals surface area contributed by atoms with Crippen molar-refractivity contribution in [1.29, 1.82) is 0 Å². The molecule has 36 heavy (non-hydrogen) atoms. The minimum absolute atomic E-state index is 0.0309. The van der Waals surface area contributed by atoms with Crippen LogP contribution in [0.3, 0.4) is 0 Å². The Kier molecular flexibility index (Phi) is 4.82. The lowest BCUT2D eigenvalue weighted by atomic mass is 10.1. The molecule has 0 bridgehead atoms. The zero-order valence-electron chi connectivity index (χ0n) is 18.7. The molecule has 0 saturated heterocycles. The second-order valence-corrected chi connectivity index (χ2v) is 8.09. The molecular formula is C27H17N5O4. The van der Waals surface area contributed by atoms with E-state index in [9.17, 15) is 19.2 Å². The number of nitrogens with zero attached hydrogens (tertiary/aromatic N) is 4. The van der Waals surface area contributed by atoms with E-state index in [1.165, 1.54) is 10.6 Å². The maximum atomic E-state index is 13.6. The van der Waals surface area contributed by atoms with Crippen molar-refractivity contribution in [3.63, 3.8) is 0 Å². The van der Waals surface area contributed by atoms with Gasteiger partial charge in [-0.2, -0.15) is 4.98 Å². The molecule has 0 amide bonds. The van der Waals surface area contributed by atoms with Crippen LogP contribution in [0.15, 0.2) is 116 Å². The Labute approximate surface area is 202 Å². The van der Waals surface area contributed by atoms with E-state index in [4.69, 9.17) is 0 Å². The number of benzene rings is 3. The Balaban J connectivity index is 1.82. The smallest absolute Gasteiger partial charge is 0.292 e. The fourth-order valence-corrected chi connectivity index (χ4v) is 4.34. The largest absolute Gasteiger partial charge is 0.357 e. The molecule has 3 aromatic carbocycles. The highest BCUT2D eigenvalue weighted by Crippen LogP contribution is 2.25. The fraction of sp³-hybridized carbons (Fsp3) is 0. The molecular weight excluding hydrogens is 458 g/mol. The first-order valence-electron chi connectivity index (χ1n) is 11.1. The predicted molar refractivity (Wildman–Crippen MR) is 136 cm³/mol. The van der Waals surface area contributed by atoms with Crippen molar-refractivity contribution in [3.8, 4) is 28.5 Å². The van der Waals surface area contributed by atoms with Gasteiger partial charge in [0, 0.05) is 5.69 Å². The van der Waals surface area contributed by atoms with Crippen molar-refractivity contribution >= 4 is 11.0 Å². The quantitative estimate of drug-likeness (QED) is 0.395. The maximum Gasteiger partial charge on any atom is 0.357 e. The zero-order valence-corrected chi connectivity index (χ0v) is 18.7. The third-order valence-electron chi connectivity index (χ3n) is 5.95. The van der Waals surface area contributed by atoms with Gasteiger partial charge in [-0.05, 0) is 42.5 Å². The van der Waals surface area contributed by atoms with Gasteiger partial charge in [-0.1, -0.05) is 54.6 Å². The summed E-state index contributed by atoms with van der Waals surface area (Å²) in [6, 6.07) is 27.1. The monoisotopic (exact) mass is 475 g/mol. The number of nitrogens with one attached hydrogen (secondary N) is 1. The summed E-state index contributed by atoms with van der Waals surface area (Å²) in [5.74, 6) is 0.0309. The third kappa shape index (κ3) is 3.22. The summed E-state index contributed by atoms with van der Waals surface area (Å²) in [5.41, 5.74) is -1.24. The summed E-state index contributed by atoms with van der Waals surface area (Å²) in [6.45, 7) is 0. The highest BCUT2D eigenvalue weighted by molar-refractivity contribution is 5.84. The molecule has 0 atom stereocenters. The number of hydrogen-bond acceptors (Lipinski definition) is 5. The van der Waals surface area contributed by atoms with Crippen molar-refractivity contribution in [3.05, 3.63) is 139 Å². The molecule has 0 aliphatic carbocycles. The van der Waals surface area contributed by atoms with E-state index >= 15 is 0 Å². The number of rotatable bonds is 3. The van der Waals surface area contributed by atoms with Gasteiger partial charge in [-0.25, -0.2) is 18.7 Å². The molecule has 174 valence electrons. The second kappa shape index (κ2) is 8.17. The first kappa shape index (κ1) is 21.2. The van der Waals surface area contributed by atoms with Crippen molar-refractivity contribution in [1.82, 2.24) is 23.7 Å². The molecule has 0 fully saturated rings. The highest BCUT2D eigenvalue weighted by atomic mass is 16.2. The number of aromatic nitrogens is 5. The topological polar surface area (TPSA) is 112 Å². The van der Waals surface area contributed by atoms with Crippen LogP contribution < -0.4 is 22.5 Å². The van der Waals surface area contributed by atoms with Gasteiger partial charge in [-0.3, -0.25) is 19.1 Å². The Morgan fingerprint density at radius 1 is 0.583 bits per heavy atom. The standard InChI is InChI=1S/C27H17N5O4/c33-24-20-16-21-23(29-27(36)32(25(21)34)19-14-8-3-9-15-19)30(17-10-4-1-5-11-17)22(20)28-26(35)31(24)18-12-6-2-7-13-18/h1-16H,(H,28,35). The average molecular weight is 475 g/mol. The molecule has 6 rings (SSSR count). The number of para-hydroxylation sites is 3. The van der Waals surface area contributed by atoms with Crippen LogP contribution in [0.4, 0.5) is 0 Å². The molecule has 0 saturated carbocycles. The molecule has 0 radical (unpaired) electrons. The minimum Gasteiger partial charge on any atom is -0.292 e. The lowest BCUT2D eigenvalue weighted by Crippen LogP contribution is -2.38. The van der Waals surface area contributed by atoms with Crippen molar-refractivity contribution in [2.24, 2.45) is 0 Å². The lowest BCUT2D eigenvalue weighted by molar-refractivity contribution is 0.840. The zero-order chi connectivity index (χ0) is 24.8. The first-order valence-corrected chi connectivity index (χ1v) is 11.1.